The minimum Gasteiger partial charge on any atom is -0.455 e. The maximum absolute atomic E-state index is 9.10. The summed E-state index contributed by atoms with van der Waals surface area (Å²) in [5.74, 6) is 0.427. The topological polar surface area (TPSA) is 56.7 Å². The van der Waals surface area contributed by atoms with Crippen molar-refractivity contribution in [3.63, 3.8) is 0 Å². The summed E-state index contributed by atoms with van der Waals surface area (Å²) in [4.78, 5) is 15.4. The van der Waals surface area contributed by atoms with Crippen LogP contribution >= 0.6 is 0 Å². The molecule has 3 heterocycles. The van der Waals surface area contributed by atoms with E-state index in [9.17, 15) is 0 Å². The smallest absolute Gasteiger partial charge is 0.167 e. The van der Waals surface area contributed by atoms with E-state index < -0.39 is 30.2 Å². The third-order valence-corrected chi connectivity index (χ3v) is 12.3. The zero-order valence-electron chi connectivity index (χ0n) is 39.1. The maximum atomic E-state index is 9.10. The van der Waals surface area contributed by atoms with Crippen LogP contribution in [0.1, 0.15) is 6.85 Å². The number of para-hydroxylation sites is 2. The molecule has 0 unspecified atom stereocenters. The molecule has 5 nitrogen and oxygen atoms in total. The van der Waals surface area contributed by atoms with Crippen LogP contribution in [0, 0.1) is 0 Å². The van der Waals surface area contributed by atoms with Crippen molar-refractivity contribution in [1.29, 1.82) is 0 Å². The Bertz CT molecular complexity index is 4180. The van der Waals surface area contributed by atoms with Crippen molar-refractivity contribution >= 4 is 65.3 Å². The number of nitrogens with zero attached hydrogens (tertiary/aromatic N) is 4. The number of fused-ring (bicyclic) bond motifs is 9. The van der Waals surface area contributed by atoms with E-state index >= 15 is 0 Å². The van der Waals surface area contributed by atoms with Crippen LogP contribution in [0.3, 0.4) is 0 Å². The summed E-state index contributed by atoms with van der Waals surface area (Å²) in [5, 5.41) is 7.82. The molecule has 0 amide bonds. The van der Waals surface area contributed by atoms with Gasteiger partial charge in [0, 0.05) is 38.4 Å². The van der Waals surface area contributed by atoms with Crippen LogP contribution in [0.2, 0.25) is 0 Å². The van der Waals surface area contributed by atoms with Gasteiger partial charge in [0.1, 0.15) is 11.2 Å². The highest BCUT2D eigenvalue weighted by atomic mass is 16.3. The Hall–Kier alpha value is -8.67. The van der Waals surface area contributed by atoms with Crippen LogP contribution in [0.15, 0.2) is 223 Å². The fraction of sp³-hybridized carbons (Fsp3) is 0. The van der Waals surface area contributed by atoms with Gasteiger partial charge in [-0.2, -0.15) is 0 Å². The average Bonchev–Trinajstić information content (AvgIpc) is 3.95. The lowest BCUT2D eigenvalue weighted by atomic mass is 9.96. The average molecular weight is 822 g/mol. The first kappa shape index (κ1) is 31.2. The SMILES string of the molecule is [2H]c1c([2H])c([2H])c(-c2nc(-c3cc4ccccc4c4ccccc34)nc(-c3cc(-n4c5ccccc5c5ccccc54)cc4c3oc3ccc(-c5ccc(-c6ccccc6)cc5)cc34)n2)c([2H])c1[2H]. The predicted molar refractivity (Wildman–Crippen MR) is 264 cm³/mol. The van der Waals surface area contributed by atoms with Gasteiger partial charge in [-0.1, -0.05) is 176 Å². The van der Waals surface area contributed by atoms with E-state index in [0.29, 0.717) is 22.3 Å². The Morgan fingerprint density at radius 3 is 1.67 bits per heavy atom. The van der Waals surface area contributed by atoms with Crippen molar-refractivity contribution in [3.8, 4) is 62.1 Å². The second-order valence-corrected chi connectivity index (χ2v) is 16.0. The standard InChI is InChI=1S/C59H36N4O/c1-3-15-37(16-4-1)38-27-29-39(30-28-38)41-31-32-55-49(33-41)50-35-43(63-53-25-13-11-23-47(53)48-24-12-14-26-54(48)63)36-52(56(50)64-55)59-61-57(40-17-5-2-6-18-40)60-58(62-59)51-34-42-19-7-8-20-44(42)45-21-9-10-22-46(45)51/h1-36H/i2D,5D,6D,17D,18D. The molecule has 0 saturated heterocycles. The van der Waals surface area contributed by atoms with Crippen LogP contribution in [-0.4, -0.2) is 19.5 Å². The van der Waals surface area contributed by atoms with Gasteiger partial charge >= 0.3 is 0 Å². The van der Waals surface area contributed by atoms with Gasteiger partial charge in [0.15, 0.2) is 17.5 Å². The Morgan fingerprint density at radius 2 is 0.938 bits per heavy atom. The monoisotopic (exact) mass is 821 g/mol. The van der Waals surface area contributed by atoms with Crippen molar-refractivity contribution in [2.24, 2.45) is 0 Å². The molecule has 0 fully saturated rings. The quantitative estimate of drug-likeness (QED) is 0.157. The summed E-state index contributed by atoms with van der Waals surface area (Å²) in [5.41, 5.74) is 9.50. The van der Waals surface area contributed by atoms with Gasteiger partial charge in [0.05, 0.1) is 23.5 Å². The van der Waals surface area contributed by atoms with Gasteiger partial charge in [-0.15, -0.1) is 0 Å². The van der Waals surface area contributed by atoms with Crippen molar-refractivity contribution < 1.29 is 11.3 Å². The van der Waals surface area contributed by atoms with E-state index in [1.54, 1.807) is 0 Å². The Morgan fingerprint density at radius 1 is 0.375 bits per heavy atom. The van der Waals surface area contributed by atoms with E-state index in [0.717, 1.165) is 82.1 Å². The van der Waals surface area contributed by atoms with Crippen LogP contribution in [0.25, 0.3) is 127 Å². The second kappa shape index (κ2) is 14.5. The largest absolute Gasteiger partial charge is 0.455 e. The summed E-state index contributed by atoms with van der Waals surface area (Å²) in [6, 6.07) is 61.9. The van der Waals surface area contributed by atoms with Crippen LogP contribution in [-0.2, 0) is 0 Å². The lowest BCUT2D eigenvalue weighted by Gasteiger charge is -2.14. The molecular weight excluding hydrogens is 781 g/mol. The molecule has 13 rings (SSSR count). The molecule has 0 atom stereocenters. The highest BCUT2D eigenvalue weighted by Crippen LogP contribution is 2.42. The molecule has 0 aliphatic carbocycles. The minimum absolute atomic E-state index is 0.0583. The summed E-state index contributed by atoms with van der Waals surface area (Å²) < 4.78 is 53.1. The Balaban J connectivity index is 1.12. The molecule has 0 aliphatic rings. The van der Waals surface area contributed by atoms with E-state index in [2.05, 4.69) is 108 Å². The van der Waals surface area contributed by atoms with E-state index in [4.69, 9.17) is 26.2 Å². The number of aromatic nitrogens is 4. The van der Waals surface area contributed by atoms with Crippen molar-refractivity contribution in [1.82, 2.24) is 19.5 Å². The van der Waals surface area contributed by atoms with Crippen LogP contribution in [0.4, 0.5) is 0 Å². The Labute approximate surface area is 375 Å². The van der Waals surface area contributed by atoms with Gasteiger partial charge in [-0.3, -0.25) is 0 Å². The third kappa shape index (κ3) is 5.83. The molecule has 0 radical (unpaired) electrons. The molecule has 0 spiro atoms. The lowest BCUT2D eigenvalue weighted by Crippen LogP contribution is -2.02. The molecule has 10 aromatic carbocycles. The summed E-state index contributed by atoms with van der Waals surface area (Å²) in [6.45, 7) is 0. The second-order valence-electron chi connectivity index (χ2n) is 16.0. The summed E-state index contributed by atoms with van der Waals surface area (Å²) in [7, 11) is 0. The zero-order valence-corrected chi connectivity index (χ0v) is 34.1. The van der Waals surface area contributed by atoms with Gasteiger partial charge in [0.25, 0.3) is 0 Å². The predicted octanol–water partition coefficient (Wildman–Crippen LogP) is 15.5. The van der Waals surface area contributed by atoms with E-state index in [1.165, 1.54) is 0 Å². The maximum Gasteiger partial charge on any atom is 0.167 e. The molecule has 64 heavy (non-hydrogen) atoms. The first-order valence-electron chi connectivity index (χ1n) is 23.7. The fourth-order valence-corrected chi connectivity index (χ4v) is 9.35. The lowest BCUT2D eigenvalue weighted by molar-refractivity contribution is 0.669. The third-order valence-electron chi connectivity index (χ3n) is 12.3. The van der Waals surface area contributed by atoms with Gasteiger partial charge < -0.3 is 8.98 Å². The first-order valence-corrected chi connectivity index (χ1v) is 21.2. The van der Waals surface area contributed by atoms with E-state index in [-0.39, 0.29) is 23.0 Å². The molecular formula is C59H36N4O. The normalized spacial score (nSPS) is 12.8. The molecule has 0 aliphatic heterocycles. The molecule has 5 heteroatoms. The number of benzene rings is 10. The van der Waals surface area contributed by atoms with Crippen LogP contribution < -0.4 is 0 Å². The number of furan rings is 1. The van der Waals surface area contributed by atoms with Crippen molar-refractivity contribution in [3.05, 3.63) is 218 Å². The highest BCUT2D eigenvalue weighted by Gasteiger charge is 2.23. The van der Waals surface area contributed by atoms with Gasteiger partial charge in [0.2, 0.25) is 0 Å². The first-order chi connectivity index (χ1) is 33.8. The fourth-order valence-electron chi connectivity index (χ4n) is 9.35. The molecule has 3 aromatic heterocycles. The summed E-state index contributed by atoms with van der Waals surface area (Å²) in [6.07, 6.45) is 0. The molecule has 0 N–H and O–H groups in total. The summed E-state index contributed by atoms with van der Waals surface area (Å²) >= 11 is 0. The number of hydrogen-bond acceptors (Lipinski definition) is 4. The molecule has 13 aromatic rings. The highest BCUT2D eigenvalue weighted by molar-refractivity contribution is 6.15. The number of rotatable bonds is 6. The van der Waals surface area contributed by atoms with Crippen molar-refractivity contribution in [2.45, 2.75) is 0 Å². The van der Waals surface area contributed by atoms with E-state index in [1.807, 2.05) is 84.9 Å². The minimum atomic E-state index is -0.502. The molecule has 298 valence electrons. The number of hydrogen-bond donors (Lipinski definition) is 0. The molecule has 0 saturated carbocycles. The zero-order chi connectivity index (χ0) is 46.5. The molecule has 0 bridgehead atoms. The van der Waals surface area contributed by atoms with Crippen molar-refractivity contribution in [2.75, 3.05) is 0 Å². The van der Waals surface area contributed by atoms with Gasteiger partial charge in [-0.25, -0.2) is 15.0 Å². The Kier molecular flexibility index (Phi) is 7.06. The van der Waals surface area contributed by atoms with Gasteiger partial charge in [-0.05, 0) is 86.3 Å². The van der Waals surface area contributed by atoms with Crippen LogP contribution in [0.5, 0.6) is 0 Å².